The zero-order valence-corrected chi connectivity index (χ0v) is 8.75. The van der Waals surface area contributed by atoms with Crippen LogP contribution in [0, 0.1) is 5.92 Å². The third-order valence-electron chi connectivity index (χ3n) is 2.06. The molecule has 3 heteroatoms. The maximum atomic E-state index is 4.18. The van der Waals surface area contributed by atoms with Crippen LogP contribution in [0.4, 0.5) is 5.95 Å². The molecule has 0 saturated carbocycles. The first-order valence-corrected chi connectivity index (χ1v) is 4.91. The lowest BCUT2D eigenvalue weighted by molar-refractivity contribution is 0.566. The molecule has 0 atom stereocenters. The van der Waals surface area contributed by atoms with E-state index < -0.39 is 0 Å². The second kappa shape index (κ2) is 4.90. The number of nitrogens with zero attached hydrogens (tertiary/aromatic N) is 2. The fraction of sp³-hybridized carbons (Fsp3) is 0.700. The van der Waals surface area contributed by atoms with E-state index >= 15 is 0 Å². The minimum absolute atomic E-state index is 0.795. The standard InChI is InChI=1S/C10H19N3/c1-9(2)5-4-6-11-10-12-7-8-13(10)3/h7-9H,4-6H2,1-3H3,(H,11,12). The van der Waals surface area contributed by atoms with Gasteiger partial charge in [-0.3, -0.25) is 0 Å². The highest BCUT2D eigenvalue weighted by Gasteiger charge is 1.97. The molecule has 1 N–H and O–H groups in total. The van der Waals surface area contributed by atoms with Crippen LogP contribution in [0.25, 0.3) is 0 Å². The first-order valence-electron chi connectivity index (χ1n) is 4.91. The summed E-state index contributed by atoms with van der Waals surface area (Å²) >= 11 is 0. The molecule has 13 heavy (non-hydrogen) atoms. The molecule has 0 aliphatic heterocycles. The normalized spacial score (nSPS) is 10.8. The van der Waals surface area contributed by atoms with Crippen LogP contribution in [0.3, 0.4) is 0 Å². The van der Waals surface area contributed by atoms with Crippen molar-refractivity contribution in [2.45, 2.75) is 26.7 Å². The van der Waals surface area contributed by atoms with Gasteiger partial charge in [-0.2, -0.15) is 0 Å². The van der Waals surface area contributed by atoms with Gasteiger partial charge in [-0.05, 0) is 18.8 Å². The van der Waals surface area contributed by atoms with Crippen molar-refractivity contribution in [2.24, 2.45) is 13.0 Å². The summed E-state index contributed by atoms with van der Waals surface area (Å²) in [6.07, 6.45) is 6.25. The minimum Gasteiger partial charge on any atom is -0.356 e. The van der Waals surface area contributed by atoms with Gasteiger partial charge in [0, 0.05) is 26.0 Å². The average molecular weight is 181 g/mol. The van der Waals surface area contributed by atoms with Crippen molar-refractivity contribution in [1.82, 2.24) is 9.55 Å². The van der Waals surface area contributed by atoms with Crippen molar-refractivity contribution in [3.63, 3.8) is 0 Å². The van der Waals surface area contributed by atoms with E-state index in [4.69, 9.17) is 0 Å². The van der Waals surface area contributed by atoms with E-state index in [-0.39, 0.29) is 0 Å². The van der Waals surface area contributed by atoms with Gasteiger partial charge in [0.1, 0.15) is 0 Å². The number of aromatic nitrogens is 2. The number of hydrogen-bond acceptors (Lipinski definition) is 2. The van der Waals surface area contributed by atoms with Crippen molar-refractivity contribution < 1.29 is 0 Å². The summed E-state index contributed by atoms with van der Waals surface area (Å²) in [5.41, 5.74) is 0. The maximum absolute atomic E-state index is 4.18. The molecule has 1 heterocycles. The van der Waals surface area contributed by atoms with Crippen molar-refractivity contribution in [1.29, 1.82) is 0 Å². The molecular formula is C10H19N3. The Hall–Kier alpha value is -0.990. The number of rotatable bonds is 5. The molecule has 0 spiro atoms. The highest BCUT2D eigenvalue weighted by molar-refractivity contribution is 5.24. The molecule has 0 fully saturated rings. The molecule has 1 aromatic heterocycles. The smallest absolute Gasteiger partial charge is 0.202 e. The summed E-state index contributed by atoms with van der Waals surface area (Å²) in [7, 11) is 2.00. The van der Waals surface area contributed by atoms with Gasteiger partial charge in [0.05, 0.1) is 0 Å². The quantitative estimate of drug-likeness (QED) is 0.706. The van der Waals surface area contributed by atoms with E-state index in [0.717, 1.165) is 18.4 Å². The fourth-order valence-corrected chi connectivity index (χ4v) is 1.25. The summed E-state index contributed by atoms with van der Waals surface area (Å²) in [6, 6.07) is 0. The Bertz CT molecular complexity index is 240. The number of nitrogens with one attached hydrogen (secondary N) is 1. The molecule has 0 unspecified atom stereocenters. The Morgan fingerprint density at radius 2 is 2.31 bits per heavy atom. The molecule has 0 bridgehead atoms. The van der Waals surface area contributed by atoms with Crippen LogP contribution in [0.1, 0.15) is 26.7 Å². The van der Waals surface area contributed by atoms with Crippen LogP contribution < -0.4 is 5.32 Å². The van der Waals surface area contributed by atoms with E-state index in [9.17, 15) is 0 Å². The monoisotopic (exact) mass is 181 g/mol. The summed E-state index contributed by atoms with van der Waals surface area (Å²) in [5.74, 6) is 1.76. The van der Waals surface area contributed by atoms with Gasteiger partial charge < -0.3 is 9.88 Å². The van der Waals surface area contributed by atoms with E-state index in [2.05, 4.69) is 24.1 Å². The molecule has 3 nitrogen and oxygen atoms in total. The van der Waals surface area contributed by atoms with Gasteiger partial charge in [0.15, 0.2) is 0 Å². The van der Waals surface area contributed by atoms with Gasteiger partial charge in [0.25, 0.3) is 0 Å². The highest BCUT2D eigenvalue weighted by atomic mass is 15.2. The number of aryl methyl sites for hydroxylation is 1. The summed E-state index contributed by atoms with van der Waals surface area (Å²) in [6.45, 7) is 5.52. The second-order valence-electron chi connectivity index (χ2n) is 3.82. The van der Waals surface area contributed by atoms with Gasteiger partial charge in [-0.25, -0.2) is 4.98 Å². The Morgan fingerprint density at radius 1 is 1.54 bits per heavy atom. The Kier molecular flexibility index (Phi) is 3.80. The molecule has 0 aromatic carbocycles. The van der Waals surface area contributed by atoms with Gasteiger partial charge in [0.2, 0.25) is 5.95 Å². The number of imidazole rings is 1. The molecule has 0 saturated heterocycles. The van der Waals surface area contributed by atoms with Crippen LogP contribution >= 0.6 is 0 Å². The van der Waals surface area contributed by atoms with Gasteiger partial charge in [-0.1, -0.05) is 13.8 Å². The lowest BCUT2D eigenvalue weighted by Gasteiger charge is -2.06. The third kappa shape index (κ3) is 3.49. The fourth-order valence-electron chi connectivity index (χ4n) is 1.25. The van der Waals surface area contributed by atoms with Crippen LogP contribution in [0.2, 0.25) is 0 Å². The Balaban J connectivity index is 2.17. The van der Waals surface area contributed by atoms with E-state index in [1.807, 2.05) is 24.0 Å². The highest BCUT2D eigenvalue weighted by Crippen LogP contribution is 2.05. The van der Waals surface area contributed by atoms with E-state index in [1.165, 1.54) is 12.8 Å². The number of anilines is 1. The average Bonchev–Trinajstić information content (AvgIpc) is 2.45. The maximum Gasteiger partial charge on any atom is 0.202 e. The zero-order valence-electron chi connectivity index (χ0n) is 8.75. The molecule has 0 amide bonds. The molecule has 0 aliphatic rings. The second-order valence-corrected chi connectivity index (χ2v) is 3.82. The van der Waals surface area contributed by atoms with Crippen LogP contribution in [0.15, 0.2) is 12.4 Å². The predicted molar refractivity (Wildman–Crippen MR) is 55.8 cm³/mol. The first kappa shape index (κ1) is 10.1. The molecule has 1 aromatic rings. The zero-order chi connectivity index (χ0) is 9.68. The van der Waals surface area contributed by atoms with Gasteiger partial charge >= 0.3 is 0 Å². The molecular weight excluding hydrogens is 162 g/mol. The summed E-state index contributed by atoms with van der Waals surface area (Å²) in [4.78, 5) is 4.18. The molecule has 0 aliphatic carbocycles. The SMILES string of the molecule is CC(C)CCCNc1nccn1C. The third-order valence-corrected chi connectivity index (χ3v) is 2.06. The van der Waals surface area contributed by atoms with E-state index in [1.54, 1.807) is 0 Å². The predicted octanol–water partition coefficient (Wildman–Crippen LogP) is 2.27. The van der Waals surface area contributed by atoms with Crippen molar-refractivity contribution in [2.75, 3.05) is 11.9 Å². The lowest BCUT2D eigenvalue weighted by Crippen LogP contribution is -2.07. The van der Waals surface area contributed by atoms with Crippen LogP contribution in [0.5, 0.6) is 0 Å². The minimum atomic E-state index is 0.795. The van der Waals surface area contributed by atoms with Crippen LogP contribution in [-0.2, 0) is 7.05 Å². The number of hydrogen-bond donors (Lipinski definition) is 1. The lowest BCUT2D eigenvalue weighted by atomic mass is 10.1. The van der Waals surface area contributed by atoms with Crippen molar-refractivity contribution in [3.05, 3.63) is 12.4 Å². The molecule has 74 valence electrons. The van der Waals surface area contributed by atoms with E-state index in [0.29, 0.717) is 0 Å². The van der Waals surface area contributed by atoms with Gasteiger partial charge in [-0.15, -0.1) is 0 Å². The Labute approximate surface area is 80.2 Å². The van der Waals surface area contributed by atoms with Crippen LogP contribution in [-0.4, -0.2) is 16.1 Å². The Morgan fingerprint density at radius 3 is 2.85 bits per heavy atom. The first-order chi connectivity index (χ1) is 6.20. The summed E-state index contributed by atoms with van der Waals surface area (Å²) < 4.78 is 2.00. The topological polar surface area (TPSA) is 29.9 Å². The molecule has 0 radical (unpaired) electrons. The van der Waals surface area contributed by atoms with Crippen molar-refractivity contribution >= 4 is 5.95 Å². The summed E-state index contributed by atoms with van der Waals surface area (Å²) in [5, 5.41) is 3.30. The molecule has 1 rings (SSSR count). The largest absolute Gasteiger partial charge is 0.356 e. The van der Waals surface area contributed by atoms with Crippen molar-refractivity contribution in [3.8, 4) is 0 Å².